The normalized spacial score (nSPS) is 14.7. The number of nitrogens with zero attached hydrogens (tertiary/aromatic N) is 1. The maximum atomic E-state index is 14.7. The van der Waals surface area contributed by atoms with Crippen molar-refractivity contribution in [2.75, 3.05) is 6.54 Å². The topological polar surface area (TPSA) is 83.9 Å². The fourth-order valence-corrected chi connectivity index (χ4v) is 6.23. The average molecular weight is 534 g/mol. The highest BCUT2D eigenvalue weighted by molar-refractivity contribution is 7.89. The molecule has 0 bridgehead atoms. The molecular formula is C30H28FNO5S. The van der Waals surface area contributed by atoms with Crippen molar-refractivity contribution in [3.8, 4) is 16.9 Å². The number of carbonyl (C=O) groups is 1. The number of fused-ring (bicyclic) bond motifs is 2. The monoisotopic (exact) mass is 533 g/mol. The highest BCUT2D eigenvalue weighted by Gasteiger charge is 2.31. The number of rotatable bonds is 7. The van der Waals surface area contributed by atoms with Gasteiger partial charge in [0.05, 0.1) is 4.90 Å². The fraction of sp³-hybridized carbons (Fsp3) is 0.233. The Labute approximate surface area is 221 Å². The van der Waals surface area contributed by atoms with Gasteiger partial charge in [-0.3, -0.25) is 4.79 Å². The zero-order valence-corrected chi connectivity index (χ0v) is 22.0. The van der Waals surface area contributed by atoms with Gasteiger partial charge in [0.25, 0.3) is 0 Å². The van der Waals surface area contributed by atoms with E-state index in [1.54, 1.807) is 18.2 Å². The number of aliphatic carboxylic acids is 1. The lowest BCUT2D eigenvalue weighted by atomic mass is 9.94. The first kappa shape index (κ1) is 25.9. The van der Waals surface area contributed by atoms with Gasteiger partial charge in [-0.05, 0) is 102 Å². The minimum Gasteiger partial charge on any atom is -0.488 e. The Bertz CT molecular complexity index is 1650. The Morgan fingerprint density at radius 1 is 0.974 bits per heavy atom. The third kappa shape index (κ3) is 5.42. The molecule has 0 unspecified atom stereocenters. The predicted octanol–water partition coefficient (Wildman–Crippen LogP) is 6.03. The molecule has 5 rings (SSSR count). The predicted molar refractivity (Wildman–Crippen MR) is 144 cm³/mol. The first-order valence-corrected chi connectivity index (χ1v) is 13.8. The summed E-state index contributed by atoms with van der Waals surface area (Å²) in [6, 6.07) is 22.5. The molecule has 38 heavy (non-hydrogen) atoms. The number of hydrogen-bond acceptors (Lipinski definition) is 4. The number of carboxylic acid groups (broad SMARTS) is 1. The SMILES string of the molecule is CC1(C)CCc2cc(S(=O)(=O)N(CC(=O)O)Cc3cc(F)cc(-c4ccc5ccccc5c4)c3)ccc2O1. The quantitative estimate of drug-likeness (QED) is 0.314. The molecule has 6 nitrogen and oxygen atoms in total. The fourth-order valence-electron chi connectivity index (χ4n) is 4.80. The molecule has 1 N–H and O–H groups in total. The summed E-state index contributed by atoms with van der Waals surface area (Å²) >= 11 is 0. The number of carboxylic acids is 1. The highest BCUT2D eigenvalue weighted by atomic mass is 32.2. The molecule has 1 heterocycles. The standard InChI is InChI=1S/C30H28FNO5S/c1-30(2)12-11-24-17-27(9-10-28(24)37-30)38(35,36)32(19-29(33)34)18-20-13-25(16-26(31)14-20)23-8-7-21-5-3-4-6-22(21)15-23/h3-10,13-17H,11-12,18-19H2,1-2H3,(H,33,34). The average Bonchev–Trinajstić information content (AvgIpc) is 2.86. The van der Waals surface area contributed by atoms with Crippen molar-refractivity contribution in [2.24, 2.45) is 0 Å². The van der Waals surface area contributed by atoms with Crippen molar-refractivity contribution in [3.05, 3.63) is 95.8 Å². The van der Waals surface area contributed by atoms with E-state index in [1.165, 1.54) is 18.2 Å². The Morgan fingerprint density at radius 3 is 2.50 bits per heavy atom. The van der Waals surface area contributed by atoms with Crippen molar-refractivity contribution in [1.29, 1.82) is 0 Å². The van der Waals surface area contributed by atoms with Crippen molar-refractivity contribution in [1.82, 2.24) is 4.31 Å². The van der Waals surface area contributed by atoms with E-state index in [2.05, 4.69) is 0 Å². The van der Waals surface area contributed by atoms with Gasteiger partial charge in [0.2, 0.25) is 10.0 Å². The molecule has 0 saturated heterocycles. The third-order valence-electron chi connectivity index (χ3n) is 6.76. The summed E-state index contributed by atoms with van der Waals surface area (Å²) in [5.41, 5.74) is 2.11. The molecule has 0 fully saturated rings. The lowest BCUT2D eigenvalue weighted by Gasteiger charge is -2.33. The van der Waals surface area contributed by atoms with Crippen molar-refractivity contribution >= 4 is 26.8 Å². The molecule has 1 aliphatic heterocycles. The highest BCUT2D eigenvalue weighted by Crippen LogP contribution is 2.35. The Balaban J connectivity index is 1.48. The van der Waals surface area contributed by atoms with Crippen molar-refractivity contribution in [3.63, 3.8) is 0 Å². The number of sulfonamides is 1. The van der Waals surface area contributed by atoms with Gasteiger partial charge in [0.1, 0.15) is 23.7 Å². The molecule has 0 amide bonds. The van der Waals surface area contributed by atoms with Crippen LogP contribution in [0.1, 0.15) is 31.4 Å². The van der Waals surface area contributed by atoms with Crippen LogP contribution < -0.4 is 4.74 Å². The van der Waals surface area contributed by atoms with Gasteiger partial charge in [0, 0.05) is 6.54 Å². The minimum absolute atomic E-state index is 0.0213. The molecule has 0 aliphatic carbocycles. The molecule has 0 saturated carbocycles. The first-order chi connectivity index (χ1) is 18.0. The van der Waals surface area contributed by atoms with E-state index in [9.17, 15) is 22.7 Å². The molecule has 4 aromatic rings. The molecule has 0 aromatic heterocycles. The largest absolute Gasteiger partial charge is 0.488 e. The second kappa shape index (κ2) is 9.85. The zero-order chi connectivity index (χ0) is 27.1. The summed E-state index contributed by atoms with van der Waals surface area (Å²) < 4.78 is 48.7. The number of hydrogen-bond donors (Lipinski definition) is 1. The summed E-state index contributed by atoms with van der Waals surface area (Å²) in [6.07, 6.45) is 1.37. The van der Waals surface area contributed by atoms with Crippen LogP contribution >= 0.6 is 0 Å². The minimum atomic E-state index is -4.20. The van der Waals surface area contributed by atoms with Gasteiger partial charge in [-0.25, -0.2) is 12.8 Å². The van der Waals surface area contributed by atoms with Crippen LogP contribution in [0.3, 0.4) is 0 Å². The Kier molecular flexibility index (Phi) is 6.71. The summed E-state index contributed by atoms with van der Waals surface area (Å²) in [6.45, 7) is 2.89. The molecule has 0 spiro atoms. The van der Waals surface area contributed by atoms with Crippen LogP contribution in [-0.4, -0.2) is 35.9 Å². The summed E-state index contributed by atoms with van der Waals surface area (Å²) in [5, 5.41) is 11.5. The number of aryl methyl sites for hydroxylation is 1. The van der Waals surface area contributed by atoms with Crippen molar-refractivity contribution < 1.29 is 27.4 Å². The summed E-state index contributed by atoms with van der Waals surface area (Å²) in [7, 11) is -4.20. The van der Waals surface area contributed by atoms with E-state index in [-0.39, 0.29) is 17.0 Å². The van der Waals surface area contributed by atoms with Gasteiger partial charge in [-0.1, -0.05) is 36.4 Å². The van der Waals surface area contributed by atoms with Gasteiger partial charge in [-0.2, -0.15) is 4.31 Å². The van der Waals surface area contributed by atoms with E-state index >= 15 is 0 Å². The molecule has 8 heteroatoms. The van der Waals surface area contributed by atoms with E-state index in [0.717, 1.165) is 32.6 Å². The number of halogens is 1. The van der Waals surface area contributed by atoms with Gasteiger partial charge >= 0.3 is 5.97 Å². The molecule has 1 aliphatic rings. The van der Waals surface area contributed by atoms with E-state index in [0.29, 0.717) is 23.3 Å². The second-order valence-electron chi connectivity index (χ2n) is 10.2. The molecule has 196 valence electrons. The van der Waals surface area contributed by atoms with E-state index in [4.69, 9.17) is 4.74 Å². The van der Waals surface area contributed by atoms with Crippen LogP contribution in [0.5, 0.6) is 5.75 Å². The smallest absolute Gasteiger partial charge is 0.318 e. The number of benzene rings is 4. The van der Waals surface area contributed by atoms with Gasteiger partial charge in [0.15, 0.2) is 0 Å². The van der Waals surface area contributed by atoms with Crippen LogP contribution in [0.25, 0.3) is 21.9 Å². The Morgan fingerprint density at radius 2 is 1.74 bits per heavy atom. The lowest BCUT2D eigenvalue weighted by Crippen LogP contribution is -2.36. The van der Waals surface area contributed by atoms with Crippen molar-refractivity contribution in [2.45, 2.75) is 43.7 Å². The Hall–Kier alpha value is -3.75. The van der Waals surface area contributed by atoms with Crippen LogP contribution in [0.4, 0.5) is 4.39 Å². The van der Waals surface area contributed by atoms with Crippen LogP contribution in [0.15, 0.2) is 83.8 Å². The summed E-state index contributed by atoms with van der Waals surface area (Å²) in [4.78, 5) is 11.6. The first-order valence-electron chi connectivity index (χ1n) is 12.3. The van der Waals surface area contributed by atoms with Gasteiger partial charge in [-0.15, -0.1) is 0 Å². The van der Waals surface area contributed by atoms with Crippen LogP contribution in [0, 0.1) is 5.82 Å². The molecule has 4 aromatic carbocycles. The number of ether oxygens (including phenoxy) is 1. The van der Waals surface area contributed by atoms with Crippen LogP contribution in [0.2, 0.25) is 0 Å². The van der Waals surface area contributed by atoms with Crippen LogP contribution in [-0.2, 0) is 27.8 Å². The zero-order valence-electron chi connectivity index (χ0n) is 21.1. The summed E-state index contributed by atoms with van der Waals surface area (Å²) in [5.74, 6) is -1.22. The molecular weight excluding hydrogens is 505 g/mol. The molecule has 0 atom stereocenters. The van der Waals surface area contributed by atoms with E-state index in [1.807, 2.05) is 56.3 Å². The second-order valence-corrected chi connectivity index (χ2v) is 12.1. The third-order valence-corrected chi connectivity index (χ3v) is 8.55. The maximum absolute atomic E-state index is 14.7. The van der Waals surface area contributed by atoms with Gasteiger partial charge < -0.3 is 9.84 Å². The maximum Gasteiger partial charge on any atom is 0.318 e. The molecule has 0 radical (unpaired) electrons. The van der Waals surface area contributed by atoms with E-state index < -0.39 is 28.4 Å². The lowest BCUT2D eigenvalue weighted by molar-refractivity contribution is -0.137.